The van der Waals surface area contributed by atoms with Crippen LogP contribution in [0.3, 0.4) is 0 Å². The fourth-order valence-corrected chi connectivity index (χ4v) is 3.90. The minimum absolute atomic E-state index is 0. The summed E-state index contributed by atoms with van der Waals surface area (Å²) in [6, 6.07) is 20.0. The van der Waals surface area contributed by atoms with E-state index < -0.39 is 53.3 Å². The summed E-state index contributed by atoms with van der Waals surface area (Å²) in [6.07, 6.45) is 3.66. The molecule has 0 aliphatic heterocycles. The van der Waals surface area contributed by atoms with E-state index >= 15 is 0 Å². The third kappa shape index (κ3) is 25.1. The van der Waals surface area contributed by atoms with E-state index in [1.807, 2.05) is 0 Å². The third-order valence-electron chi connectivity index (χ3n) is 5.74. The first-order chi connectivity index (χ1) is 28.9. The van der Waals surface area contributed by atoms with E-state index in [0.717, 1.165) is 37.7 Å². The SMILES string of the molecule is CO.Nc1ccc(Oc2ccc(F)c(Cl)c2)nc1.O=[N+]([O-])c1ccc(Cl)nc1.O=[N+]([O-])c1ccc(Oc2ccc(F)c(Cl)c2)nc1.Oc1ccc(F)c(Cl)c1.[2H]CF.[Cl][Sn][Cl].[H-].[Na+]. The third-order valence-corrected chi connectivity index (χ3v) is 6.84. The van der Waals surface area contributed by atoms with Crippen LogP contribution in [0.4, 0.5) is 34.6 Å². The van der Waals surface area contributed by atoms with E-state index in [1.54, 1.807) is 12.1 Å². The molecule has 3 aromatic carbocycles. The van der Waals surface area contributed by atoms with Crippen molar-refractivity contribution in [3.05, 3.63) is 167 Å². The van der Waals surface area contributed by atoms with E-state index in [1.165, 1.54) is 66.9 Å². The molecule has 0 spiro atoms. The molecule has 0 unspecified atom stereocenters. The van der Waals surface area contributed by atoms with E-state index in [9.17, 15) is 37.8 Å². The number of nitrogens with zero attached hydrogens (tertiary/aromatic N) is 5. The number of aromatic hydroxyl groups is 1. The molecule has 61 heavy (non-hydrogen) atoms. The number of nitrogens with two attached hydrogens (primary N) is 1. The Morgan fingerprint density at radius 2 is 1.07 bits per heavy atom. The number of aliphatic hydroxyl groups is 1. The second kappa shape index (κ2) is 33.9. The van der Waals surface area contributed by atoms with Gasteiger partial charge < -0.3 is 26.8 Å². The minimum Gasteiger partial charge on any atom is -1.00 e. The van der Waals surface area contributed by atoms with Crippen molar-refractivity contribution in [1.82, 2.24) is 15.0 Å². The van der Waals surface area contributed by atoms with E-state index in [0.29, 0.717) is 23.1 Å². The summed E-state index contributed by atoms with van der Waals surface area (Å²) in [5.41, 5.74) is 5.83. The van der Waals surface area contributed by atoms with Gasteiger partial charge in [0, 0.05) is 49.6 Å². The fraction of sp³-hybridized carbons (Fsp3) is 0.0571. The van der Waals surface area contributed by atoms with Gasteiger partial charge in [-0.05, 0) is 48.5 Å². The second-order valence-corrected chi connectivity index (χ2v) is 15.5. The van der Waals surface area contributed by atoms with Crippen LogP contribution in [-0.2, 0) is 0 Å². The average Bonchev–Trinajstić information content (AvgIpc) is 3.22. The molecule has 3 heterocycles. The zero-order valence-corrected chi connectivity index (χ0v) is 40.4. The molecule has 0 saturated heterocycles. The Bertz CT molecular complexity index is 2230. The molecular weight excluding hydrogens is 1060 g/mol. The number of nitrogen functional groups attached to an aromatic ring is 1. The maximum atomic E-state index is 12.9. The molecule has 0 fully saturated rings. The van der Waals surface area contributed by atoms with Gasteiger partial charge in [0.2, 0.25) is 11.8 Å². The number of ether oxygens (including phenoxy) is 2. The minimum atomic E-state index is -1.00. The Labute approximate surface area is 407 Å². The van der Waals surface area contributed by atoms with Crippen molar-refractivity contribution in [2.75, 3.05) is 20.0 Å². The molecule has 14 nitrogen and oxygen atoms in total. The van der Waals surface area contributed by atoms with Gasteiger partial charge in [0.05, 0.1) is 45.3 Å². The first-order valence-electron chi connectivity index (χ1n) is 15.9. The Balaban J connectivity index is -0.000000733. The molecule has 4 N–H and O–H groups in total. The maximum absolute atomic E-state index is 12.9. The molecule has 3 aromatic heterocycles. The monoisotopic (exact) mass is 1090 g/mol. The molecular formula is C35H29Cl6F4N6NaO8Sn. The van der Waals surface area contributed by atoms with Crippen molar-refractivity contribution < 1.29 is 79.4 Å². The molecule has 6 rings (SSSR count). The van der Waals surface area contributed by atoms with Gasteiger partial charge in [-0.25, -0.2) is 28.1 Å². The van der Waals surface area contributed by atoms with Crippen LogP contribution in [0.15, 0.2) is 110 Å². The fourth-order valence-electron chi connectivity index (χ4n) is 3.28. The Kier molecular flexibility index (Phi) is 31.9. The number of nitro groups is 2. The van der Waals surface area contributed by atoms with Gasteiger partial charge in [0.25, 0.3) is 11.4 Å². The molecule has 0 atom stereocenters. The Morgan fingerprint density at radius 1 is 0.689 bits per heavy atom. The van der Waals surface area contributed by atoms with Crippen LogP contribution in [-0.4, -0.2) is 68.2 Å². The van der Waals surface area contributed by atoms with Gasteiger partial charge in [-0.2, -0.15) is 0 Å². The number of benzene rings is 3. The molecule has 6 aromatic rings. The van der Waals surface area contributed by atoms with E-state index in [4.69, 9.17) is 91.0 Å². The number of rotatable bonds is 6. The quantitative estimate of drug-likeness (QED) is 0.0469. The van der Waals surface area contributed by atoms with Crippen LogP contribution in [0.5, 0.6) is 29.0 Å². The van der Waals surface area contributed by atoms with Crippen LogP contribution in [0.1, 0.15) is 2.80 Å². The van der Waals surface area contributed by atoms with Crippen LogP contribution in [0, 0.1) is 37.7 Å². The molecule has 26 heteroatoms. The van der Waals surface area contributed by atoms with E-state index in [-0.39, 0.29) is 74.2 Å². The number of anilines is 1. The average molecular weight is 1090 g/mol. The molecule has 2 radical (unpaired) electrons. The summed E-state index contributed by atoms with van der Waals surface area (Å²) in [6.45, 7) is 0. The standard InChI is InChI=1S/C11H6ClFN2O3.C11H8ClFN2O.C6H4ClFO.C5H3ClN2O2.CH3F.CH4O.2ClH.Na.Sn.H/c12-9-5-8(2-3-10(9)13)18-11-4-1-7(6-14-11)15(16)17;12-9-5-8(2-3-10(9)13)16-11-4-1-7(14)6-15-11;7-5-3-4(9)1-2-6(5)8;6-5-2-1-4(3-7-5)8(9)10;2*1-2;;;;;/h1-6H;1-6H,14H2;1-3,9H;1-3H;1H3;2H,1H3;2*1H;;;/q;;;;;;;;+1;+2;-1/p-2/i;;;;1D;;;;;;. The zero-order chi connectivity index (χ0) is 46.5. The van der Waals surface area contributed by atoms with Crippen molar-refractivity contribution in [1.29, 1.82) is 0 Å². The van der Waals surface area contributed by atoms with Crippen LogP contribution in [0.25, 0.3) is 0 Å². The van der Waals surface area contributed by atoms with Crippen molar-refractivity contribution in [3.8, 4) is 29.0 Å². The van der Waals surface area contributed by atoms with Crippen molar-refractivity contribution in [3.63, 3.8) is 0 Å². The number of phenols is 1. The summed E-state index contributed by atoms with van der Waals surface area (Å²) < 4.78 is 64.1. The summed E-state index contributed by atoms with van der Waals surface area (Å²) in [4.78, 5) is 30.6. The number of alkyl halides is 1. The van der Waals surface area contributed by atoms with Crippen LogP contribution in [0.2, 0.25) is 20.2 Å². The van der Waals surface area contributed by atoms with Crippen molar-refractivity contribution in [2.45, 2.75) is 0 Å². The molecule has 0 aliphatic rings. The maximum Gasteiger partial charge on any atom is 1.00 e. The van der Waals surface area contributed by atoms with E-state index in [2.05, 4.69) is 15.0 Å². The Morgan fingerprint density at radius 3 is 1.38 bits per heavy atom. The number of hydrogen-bond donors (Lipinski definition) is 3. The topological polar surface area (TPSA) is 210 Å². The summed E-state index contributed by atoms with van der Waals surface area (Å²) in [5, 5.41) is 36.3. The van der Waals surface area contributed by atoms with Crippen LogP contribution >= 0.6 is 64.2 Å². The number of phenolic OH excluding ortho intramolecular Hbond substituents is 1. The number of halogens is 10. The molecule has 322 valence electrons. The first kappa shape index (κ1) is 57.3. The molecule has 0 amide bonds. The normalized spacial score (nSPS) is 9.28. The van der Waals surface area contributed by atoms with Gasteiger partial charge in [-0.3, -0.25) is 24.6 Å². The molecule has 0 aliphatic carbocycles. The number of hydrogen-bond acceptors (Lipinski definition) is 12. The second-order valence-electron chi connectivity index (χ2n) is 9.66. The predicted octanol–water partition coefficient (Wildman–Crippen LogP) is 8.96. The van der Waals surface area contributed by atoms with Gasteiger partial charge in [-0.1, -0.05) is 46.4 Å². The number of aliphatic hydroxyl groups excluding tert-OH is 1. The van der Waals surface area contributed by atoms with Crippen molar-refractivity contribution >= 4 is 100 Å². The van der Waals surface area contributed by atoms with Crippen LogP contribution < -0.4 is 44.8 Å². The molecule has 0 saturated carbocycles. The summed E-state index contributed by atoms with van der Waals surface area (Å²) in [5.74, 6) is -0.345. The number of pyridine rings is 3. The summed E-state index contributed by atoms with van der Waals surface area (Å²) in [7, 11) is 9.87. The largest absolute Gasteiger partial charge is 1.00 e. The number of aromatic nitrogens is 3. The zero-order valence-electron chi connectivity index (χ0n) is 33.0. The first-order valence-corrected chi connectivity index (χ1v) is 23.9. The van der Waals surface area contributed by atoms with Crippen molar-refractivity contribution in [2.24, 2.45) is 0 Å². The predicted molar refractivity (Wildman–Crippen MR) is 225 cm³/mol. The Hall–Kier alpha value is -3.67. The van der Waals surface area contributed by atoms with Gasteiger partial charge in [0.15, 0.2) is 0 Å². The van der Waals surface area contributed by atoms with Gasteiger partial charge in [0.1, 0.15) is 52.2 Å². The molecule has 0 bridgehead atoms. The summed E-state index contributed by atoms with van der Waals surface area (Å²) >= 11 is 21.0. The van der Waals surface area contributed by atoms with Gasteiger partial charge in [-0.15, -0.1) is 0 Å². The van der Waals surface area contributed by atoms with Gasteiger partial charge >= 0.3 is 66.3 Å². The smallest absolute Gasteiger partial charge is 1.00 e.